The summed E-state index contributed by atoms with van der Waals surface area (Å²) in [5.74, 6) is -0.282. The Labute approximate surface area is 110 Å². The molecular weight excluding hydrogens is 232 g/mol. The number of nitrogens with one attached hydrogen (secondary N) is 1. The fourth-order valence-electron chi connectivity index (χ4n) is 1.84. The first-order valence-electron chi connectivity index (χ1n) is 6.77. The van der Waals surface area contributed by atoms with Gasteiger partial charge in [-0.2, -0.15) is 0 Å². The molecule has 0 aliphatic rings. The van der Waals surface area contributed by atoms with Gasteiger partial charge in [-0.15, -0.1) is 0 Å². The number of hydrogen-bond acceptors (Lipinski definition) is 4. The monoisotopic (exact) mass is 258 g/mol. The van der Waals surface area contributed by atoms with Crippen LogP contribution in [0.4, 0.5) is 0 Å². The van der Waals surface area contributed by atoms with Gasteiger partial charge in [-0.05, 0) is 26.8 Å². The topological polar surface area (TPSA) is 58.6 Å². The fourth-order valence-corrected chi connectivity index (χ4v) is 1.84. The number of hydrogen-bond donors (Lipinski definition) is 1. The molecular formula is C13H26N2O3. The van der Waals surface area contributed by atoms with E-state index in [-0.39, 0.29) is 24.5 Å². The van der Waals surface area contributed by atoms with E-state index in [1.807, 2.05) is 25.7 Å². The summed E-state index contributed by atoms with van der Waals surface area (Å²) >= 11 is 0. The van der Waals surface area contributed by atoms with Crippen LogP contribution in [0.5, 0.6) is 0 Å². The van der Waals surface area contributed by atoms with E-state index in [4.69, 9.17) is 4.74 Å². The van der Waals surface area contributed by atoms with Crippen LogP contribution in [0.25, 0.3) is 0 Å². The number of esters is 1. The quantitative estimate of drug-likeness (QED) is 0.631. The highest BCUT2D eigenvalue weighted by atomic mass is 16.5. The summed E-state index contributed by atoms with van der Waals surface area (Å²) in [7, 11) is 0. The van der Waals surface area contributed by atoms with Crippen molar-refractivity contribution in [3.8, 4) is 0 Å². The first-order chi connectivity index (χ1) is 8.60. The Hall–Kier alpha value is -1.10. The van der Waals surface area contributed by atoms with Gasteiger partial charge >= 0.3 is 5.97 Å². The van der Waals surface area contributed by atoms with Crippen molar-refractivity contribution in [1.82, 2.24) is 10.2 Å². The highest BCUT2D eigenvalue weighted by Crippen LogP contribution is 2.09. The molecule has 1 N–H and O–H groups in total. The molecule has 1 unspecified atom stereocenters. The molecule has 0 aromatic carbocycles. The van der Waals surface area contributed by atoms with E-state index in [0.29, 0.717) is 26.1 Å². The lowest BCUT2D eigenvalue weighted by Gasteiger charge is -2.28. The molecule has 0 aromatic heterocycles. The number of carbonyl (C=O) groups excluding carboxylic acids is 2. The van der Waals surface area contributed by atoms with Crippen molar-refractivity contribution in [2.45, 2.75) is 46.6 Å². The third-order valence-corrected chi connectivity index (χ3v) is 2.69. The van der Waals surface area contributed by atoms with Gasteiger partial charge in [0.1, 0.15) is 6.04 Å². The van der Waals surface area contributed by atoms with E-state index in [1.165, 1.54) is 0 Å². The minimum atomic E-state index is -0.317. The molecule has 0 saturated heterocycles. The lowest BCUT2D eigenvalue weighted by Crippen LogP contribution is -2.47. The van der Waals surface area contributed by atoms with Gasteiger partial charge in [0.2, 0.25) is 5.91 Å². The van der Waals surface area contributed by atoms with Crippen LogP contribution in [0, 0.1) is 0 Å². The van der Waals surface area contributed by atoms with Crippen molar-refractivity contribution in [2.24, 2.45) is 0 Å². The van der Waals surface area contributed by atoms with Gasteiger partial charge < -0.3 is 10.1 Å². The molecule has 0 heterocycles. The summed E-state index contributed by atoms with van der Waals surface area (Å²) in [6, 6.07) is -0.317. The number of ether oxygens (including phenoxy) is 1. The number of rotatable bonds is 9. The Morgan fingerprint density at radius 2 is 1.89 bits per heavy atom. The van der Waals surface area contributed by atoms with E-state index in [0.717, 1.165) is 6.42 Å². The first kappa shape index (κ1) is 16.9. The third-order valence-electron chi connectivity index (χ3n) is 2.69. The van der Waals surface area contributed by atoms with Crippen LogP contribution in [0.1, 0.15) is 40.5 Å². The molecule has 0 aliphatic carbocycles. The summed E-state index contributed by atoms with van der Waals surface area (Å²) in [6.07, 6.45) is 1.60. The first-order valence-corrected chi connectivity index (χ1v) is 6.77. The Balaban J connectivity index is 4.60. The van der Waals surface area contributed by atoms with Gasteiger partial charge in [0.05, 0.1) is 13.2 Å². The molecule has 0 spiro atoms. The zero-order valence-electron chi connectivity index (χ0n) is 12.0. The Bertz CT molecular complexity index is 257. The minimum absolute atomic E-state index is 0.0512. The summed E-state index contributed by atoms with van der Waals surface area (Å²) in [5.41, 5.74) is 0. The molecule has 0 bridgehead atoms. The van der Waals surface area contributed by atoms with E-state index < -0.39 is 0 Å². The summed E-state index contributed by atoms with van der Waals surface area (Å²) in [4.78, 5) is 25.3. The SMILES string of the molecule is CCCC(C(=O)OCC)N(CC)CC(=O)NCC. The van der Waals surface area contributed by atoms with Gasteiger partial charge in [-0.25, -0.2) is 0 Å². The number of likely N-dealkylation sites (N-methyl/N-ethyl adjacent to an activating group) is 2. The minimum Gasteiger partial charge on any atom is -0.465 e. The van der Waals surface area contributed by atoms with Crippen molar-refractivity contribution in [2.75, 3.05) is 26.2 Å². The van der Waals surface area contributed by atoms with Gasteiger partial charge in [0.15, 0.2) is 0 Å². The van der Waals surface area contributed by atoms with E-state index in [9.17, 15) is 9.59 Å². The highest BCUT2D eigenvalue weighted by Gasteiger charge is 2.26. The molecule has 0 radical (unpaired) electrons. The standard InChI is InChI=1S/C13H26N2O3/c1-5-9-11(13(17)18-8-4)15(7-3)10-12(16)14-6-2/h11H,5-10H2,1-4H3,(H,14,16). The maximum atomic E-state index is 11.9. The zero-order valence-corrected chi connectivity index (χ0v) is 12.0. The highest BCUT2D eigenvalue weighted by molar-refractivity contribution is 5.80. The smallest absolute Gasteiger partial charge is 0.323 e. The Kier molecular flexibility index (Phi) is 9.28. The zero-order chi connectivity index (χ0) is 14.0. The van der Waals surface area contributed by atoms with E-state index in [1.54, 1.807) is 6.92 Å². The predicted molar refractivity (Wildman–Crippen MR) is 71.3 cm³/mol. The second-order valence-corrected chi connectivity index (χ2v) is 4.07. The molecule has 0 fully saturated rings. The maximum Gasteiger partial charge on any atom is 0.323 e. The molecule has 0 saturated carbocycles. The number of nitrogens with zero attached hydrogens (tertiary/aromatic N) is 1. The lowest BCUT2D eigenvalue weighted by atomic mass is 10.1. The molecule has 5 heteroatoms. The normalized spacial score (nSPS) is 12.3. The fraction of sp³-hybridized carbons (Fsp3) is 0.846. The van der Waals surface area contributed by atoms with Crippen LogP contribution >= 0.6 is 0 Å². The Morgan fingerprint density at radius 1 is 1.22 bits per heavy atom. The molecule has 1 atom stereocenters. The largest absolute Gasteiger partial charge is 0.465 e. The van der Waals surface area contributed by atoms with Gasteiger partial charge in [0.25, 0.3) is 0 Å². The van der Waals surface area contributed by atoms with Crippen LogP contribution in [0.3, 0.4) is 0 Å². The molecule has 0 aliphatic heterocycles. The van der Waals surface area contributed by atoms with E-state index in [2.05, 4.69) is 5.32 Å². The maximum absolute atomic E-state index is 11.9. The second-order valence-electron chi connectivity index (χ2n) is 4.07. The van der Waals surface area contributed by atoms with Crippen LogP contribution in [0.2, 0.25) is 0 Å². The lowest BCUT2D eigenvalue weighted by molar-refractivity contribution is -0.150. The number of carbonyl (C=O) groups is 2. The summed E-state index contributed by atoms with van der Waals surface area (Å²) in [6.45, 7) is 9.51. The van der Waals surface area contributed by atoms with Crippen molar-refractivity contribution in [3.05, 3.63) is 0 Å². The third kappa shape index (κ3) is 6.00. The number of amides is 1. The van der Waals surface area contributed by atoms with E-state index >= 15 is 0 Å². The van der Waals surface area contributed by atoms with Crippen molar-refractivity contribution in [1.29, 1.82) is 0 Å². The molecule has 1 amide bonds. The van der Waals surface area contributed by atoms with Crippen molar-refractivity contribution in [3.63, 3.8) is 0 Å². The Morgan fingerprint density at radius 3 is 2.33 bits per heavy atom. The molecule has 5 nitrogen and oxygen atoms in total. The van der Waals surface area contributed by atoms with Crippen LogP contribution in [0.15, 0.2) is 0 Å². The van der Waals surface area contributed by atoms with Crippen LogP contribution in [-0.4, -0.2) is 49.1 Å². The van der Waals surface area contributed by atoms with Gasteiger partial charge in [-0.3, -0.25) is 14.5 Å². The van der Waals surface area contributed by atoms with Gasteiger partial charge in [0, 0.05) is 6.54 Å². The van der Waals surface area contributed by atoms with Crippen LogP contribution in [-0.2, 0) is 14.3 Å². The molecule has 18 heavy (non-hydrogen) atoms. The van der Waals surface area contributed by atoms with Crippen molar-refractivity contribution < 1.29 is 14.3 Å². The van der Waals surface area contributed by atoms with Crippen LogP contribution < -0.4 is 5.32 Å². The molecule has 106 valence electrons. The summed E-state index contributed by atoms with van der Waals surface area (Å²) in [5, 5.41) is 2.75. The molecule has 0 aromatic rings. The predicted octanol–water partition coefficient (Wildman–Crippen LogP) is 1.18. The second kappa shape index (κ2) is 9.88. The summed E-state index contributed by atoms with van der Waals surface area (Å²) < 4.78 is 5.07. The molecule has 0 rings (SSSR count). The van der Waals surface area contributed by atoms with Gasteiger partial charge in [-0.1, -0.05) is 20.3 Å². The van der Waals surface area contributed by atoms with Crippen molar-refractivity contribution >= 4 is 11.9 Å². The average molecular weight is 258 g/mol. The average Bonchev–Trinajstić information content (AvgIpc) is 2.34.